The average Bonchev–Trinajstić information content (AvgIpc) is 3.23. The van der Waals surface area contributed by atoms with E-state index in [-0.39, 0.29) is 23.8 Å². The maximum atomic E-state index is 12.9. The van der Waals surface area contributed by atoms with E-state index in [1.54, 1.807) is 12.1 Å². The first-order chi connectivity index (χ1) is 12.0. The molecule has 25 heavy (non-hydrogen) atoms. The van der Waals surface area contributed by atoms with Crippen LogP contribution in [-0.2, 0) is 11.2 Å². The van der Waals surface area contributed by atoms with Crippen LogP contribution in [0.4, 0.5) is 18.3 Å². The molecule has 0 aliphatic carbocycles. The predicted molar refractivity (Wildman–Crippen MR) is 83.7 cm³/mol. The van der Waals surface area contributed by atoms with Gasteiger partial charge in [0.25, 0.3) is 6.43 Å². The Morgan fingerprint density at radius 1 is 1.24 bits per heavy atom. The monoisotopic (exact) mass is 368 g/mol. The van der Waals surface area contributed by atoms with Crippen molar-refractivity contribution in [2.24, 2.45) is 0 Å². The lowest BCUT2D eigenvalue weighted by molar-refractivity contribution is -0.116. The number of carbonyl (C=O) groups excluding carboxylic acids is 1. The lowest BCUT2D eigenvalue weighted by Crippen LogP contribution is -2.12. The molecule has 3 aromatic rings. The Morgan fingerprint density at radius 2 is 2.00 bits per heavy atom. The van der Waals surface area contributed by atoms with E-state index in [1.807, 2.05) is 0 Å². The van der Waals surface area contributed by atoms with Gasteiger partial charge in [0, 0.05) is 18.4 Å². The highest BCUT2D eigenvalue weighted by Crippen LogP contribution is 2.25. The van der Waals surface area contributed by atoms with Crippen molar-refractivity contribution >= 4 is 22.4 Å². The highest BCUT2D eigenvalue weighted by atomic mass is 32.1. The van der Waals surface area contributed by atoms with Crippen molar-refractivity contribution in [2.45, 2.75) is 19.3 Å². The van der Waals surface area contributed by atoms with Crippen molar-refractivity contribution in [3.05, 3.63) is 47.2 Å². The molecular weight excluding hydrogens is 357 g/mol. The Balaban J connectivity index is 1.54. The molecule has 0 radical (unpaired) electrons. The zero-order valence-corrected chi connectivity index (χ0v) is 13.4. The van der Waals surface area contributed by atoms with Gasteiger partial charge in [-0.1, -0.05) is 11.3 Å². The predicted octanol–water partition coefficient (Wildman–Crippen LogP) is 3.84. The first-order valence-electron chi connectivity index (χ1n) is 7.13. The second-order valence-electron chi connectivity index (χ2n) is 4.92. The number of hydrogen-bond acceptors (Lipinski definition) is 6. The van der Waals surface area contributed by atoms with Gasteiger partial charge in [0.2, 0.25) is 11.0 Å². The molecule has 0 fully saturated rings. The Bertz CT molecular complexity index is 864. The number of halogens is 3. The van der Waals surface area contributed by atoms with Crippen LogP contribution in [0.3, 0.4) is 0 Å². The van der Waals surface area contributed by atoms with E-state index in [0.717, 1.165) is 0 Å². The number of benzene rings is 1. The second-order valence-corrected chi connectivity index (χ2v) is 5.93. The summed E-state index contributed by atoms with van der Waals surface area (Å²) in [5, 5.41) is 8.70. The number of anilines is 1. The summed E-state index contributed by atoms with van der Waals surface area (Å²) in [5.41, 5.74) is 0.665. The number of rotatable bonds is 6. The van der Waals surface area contributed by atoms with Crippen molar-refractivity contribution < 1.29 is 22.4 Å². The highest BCUT2D eigenvalue weighted by Gasteiger charge is 2.16. The first kappa shape index (κ1) is 17.1. The van der Waals surface area contributed by atoms with Crippen molar-refractivity contribution in [2.75, 3.05) is 5.32 Å². The van der Waals surface area contributed by atoms with Crippen molar-refractivity contribution in [1.82, 2.24) is 15.2 Å². The molecule has 0 aliphatic heterocycles. The Morgan fingerprint density at radius 3 is 2.68 bits per heavy atom. The Labute approximate surface area is 143 Å². The minimum absolute atomic E-state index is 0.0136. The van der Waals surface area contributed by atoms with Gasteiger partial charge in [-0.2, -0.15) is 0 Å². The summed E-state index contributed by atoms with van der Waals surface area (Å²) in [6.07, 6.45) is -0.985. The topological polar surface area (TPSA) is 80.9 Å². The molecule has 2 aromatic heterocycles. The molecule has 3 rings (SSSR count). The van der Waals surface area contributed by atoms with Gasteiger partial charge in [-0.3, -0.25) is 4.79 Å². The molecule has 1 N–H and O–H groups in total. The quantitative estimate of drug-likeness (QED) is 0.715. The summed E-state index contributed by atoms with van der Waals surface area (Å²) in [6, 6.07) is 5.73. The number of amides is 1. The van der Waals surface area contributed by atoms with Crippen LogP contribution in [0, 0.1) is 5.82 Å². The molecule has 0 spiro atoms. The maximum absolute atomic E-state index is 12.9. The van der Waals surface area contributed by atoms with E-state index in [4.69, 9.17) is 4.42 Å². The fourth-order valence-corrected chi connectivity index (χ4v) is 2.56. The van der Waals surface area contributed by atoms with Gasteiger partial charge < -0.3 is 9.73 Å². The fourth-order valence-electron chi connectivity index (χ4n) is 1.95. The molecule has 10 heteroatoms. The first-order valence-corrected chi connectivity index (χ1v) is 7.95. The molecule has 0 atom stereocenters. The minimum Gasteiger partial charge on any atom is -0.441 e. The van der Waals surface area contributed by atoms with Crippen LogP contribution in [0.1, 0.15) is 23.7 Å². The average molecular weight is 368 g/mol. The third-order valence-electron chi connectivity index (χ3n) is 3.12. The summed E-state index contributed by atoms with van der Waals surface area (Å²) in [4.78, 5) is 15.9. The number of nitrogens with zero attached hydrogens (tertiary/aromatic N) is 3. The van der Waals surface area contributed by atoms with Gasteiger partial charge in [-0.15, -0.1) is 10.2 Å². The molecule has 1 amide bonds. The molecule has 0 aliphatic rings. The summed E-state index contributed by atoms with van der Waals surface area (Å²) < 4.78 is 43.2. The largest absolute Gasteiger partial charge is 0.441 e. The van der Waals surface area contributed by atoms with Gasteiger partial charge in [0.05, 0.1) is 6.20 Å². The number of aryl methyl sites for hydroxylation is 1. The summed E-state index contributed by atoms with van der Waals surface area (Å²) in [5.74, 6) is 0.0199. The van der Waals surface area contributed by atoms with Crippen molar-refractivity contribution in [1.29, 1.82) is 0 Å². The molecule has 130 valence electrons. The van der Waals surface area contributed by atoms with Gasteiger partial charge in [-0.05, 0) is 24.3 Å². The van der Waals surface area contributed by atoms with Crippen LogP contribution in [0.5, 0.6) is 0 Å². The van der Waals surface area contributed by atoms with Crippen molar-refractivity contribution in [3.63, 3.8) is 0 Å². The molecule has 0 bridgehead atoms. The van der Waals surface area contributed by atoms with E-state index in [2.05, 4.69) is 20.5 Å². The summed E-state index contributed by atoms with van der Waals surface area (Å²) in [7, 11) is 0. The van der Waals surface area contributed by atoms with Crippen LogP contribution in [0.25, 0.3) is 11.3 Å². The number of alkyl halides is 2. The van der Waals surface area contributed by atoms with E-state index < -0.39 is 17.3 Å². The Hall–Kier alpha value is -2.75. The molecule has 0 unspecified atom stereocenters. The highest BCUT2D eigenvalue weighted by molar-refractivity contribution is 7.15. The molecule has 0 saturated heterocycles. The van der Waals surface area contributed by atoms with Gasteiger partial charge in [-0.25, -0.2) is 18.2 Å². The van der Waals surface area contributed by atoms with Crippen LogP contribution in [0.15, 0.2) is 34.9 Å². The smallest absolute Gasteiger partial charge is 0.291 e. The summed E-state index contributed by atoms with van der Waals surface area (Å²) >= 11 is 0.620. The molecular formula is C15H11F3N4O2S. The van der Waals surface area contributed by atoms with Crippen LogP contribution in [0.2, 0.25) is 0 Å². The third kappa shape index (κ3) is 4.41. The van der Waals surface area contributed by atoms with Crippen LogP contribution < -0.4 is 5.32 Å². The Kier molecular flexibility index (Phi) is 5.08. The van der Waals surface area contributed by atoms with Crippen molar-refractivity contribution in [3.8, 4) is 11.3 Å². The second kappa shape index (κ2) is 7.43. The number of carbonyl (C=O) groups is 1. The third-order valence-corrected chi connectivity index (χ3v) is 3.97. The van der Waals surface area contributed by atoms with Crippen LogP contribution >= 0.6 is 11.3 Å². The van der Waals surface area contributed by atoms with Gasteiger partial charge in [0.15, 0.2) is 16.7 Å². The number of nitrogens with one attached hydrogen (secondary N) is 1. The lowest BCUT2D eigenvalue weighted by atomic mass is 10.2. The normalized spacial score (nSPS) is 11.0. The molecule has 2 heterocycles. The van der Waals surface area contributed by atoms with E-state index in [0.29, 0.717) is 28.6 Å². The molecule has 0 saturated carbocycles. The lowest BCUT2D eigenvalue weighted by Gasteiger charge is -1.99. The van der Waals surface area contributed by atoms with E-state index in [1.165, 1.54) is 18.3 Å². The zero-order chi connectivity index (χ0) is 17.8. The SMILES string of the molecule is O=C(CCc1ncc(-c2ccc(F)cc2)o1)Nc1nnc(C(F)F)s1. The van der Waals surface area contributed by atoms with E-state index in [9.17, 15) is 18.0 Å². The molecule has 6 nitrogen and oxygen atoms in total. The molecule has 1 aromatic carbocycles. The van der Waals surface area contributed by atoms with Gasteiger partial charge in [0.1, 0.15) is 5.82 Å². The summed E-state index contributed by atoms with van der Waals surface area (Å²) in [6.45, 7) is 0. The number of hydrogen-bond donors (Lipinski definition) is 1. The number of aromatic nitrogens is 3. The van der Waals surface area contributed by atoms with E-state index >= 15 is 0 Å². The van der Waals surface area contributed by atoms with Gasteiger partial charge >= 0.3 is 0 Å². The fraction of sp³-hybridized carbons (Fsp3) is 0.200. The van der Waals surface area contributed by atoms with Crippen LogP contribution in [-0.4, -0.2) is 21.1 Å². The standard InChI is InChI=1S/C15H11F3N4O2S/c16-9-3-1-8(2-4-9)10-7-19-12(24-10)6-5-11(23)20-15-22-21-14(25-15)13(17)18/h1-4,7,13H,5-6H2,(H,20,22,23). The zero-order valence-electron chi connectivity index (χ0n) is 12.6. The minimum atomic E-state index is -2.72. The number of oxazole rings is 1. The maximum Gasteiger partial charge on any atom is 0.291 e.